The Labute approximate surface area is 133 Å². The fourth-order valence-corrected chi connectivity index (χ4v) is 4.38. The average Bonchev–Trinajstić information content (AvgIpc) is 3.30. The summed E-state index contributed by atoms with van der Waals surface area (Å²) in [6, 6.07) is 6.98. The van der Waals surface area contributed by atoms with Gasteiger partial charge in [0, 0.05) is 16.2 Å². The van der Waals surface area contributed by atoms with E-state index in [-0.39, 0.29) is 6.04 Å². The standard InChI is InChI=1S/C19H27NS/c1-14(20)19-12-11-18(21-17-5-3-2-4-6-17)13-16(19)10-9-15-7-8-15/h9-15,17H,2-8,20H2,1H3/b10-9+. The third kappa shape index (κ3) is 4.37. The van der Waals surface area contributed by atoms with Crippen LogP contribution in [0.5, 0.6) is 0 Å². The van der Waals surface area contributed by atoms with Crippen LogP contribution in [0.2, 0.25) is 0 Å². The summed E-state index contributed by atoms with van der Waals surface area (Å²) >= 11 is 2.07. The summed E-state index contributed by atoms with van der Waals surface area (Å²) in [6.45, 7) is 2.08. The second-order valence-corrected chi connectivity index (χ2v) is 8.03. The Morgan fingerprint density at radius 1 is 1.14 bits per heavy atom. The minimum absolute atomic E-state index is 0.109. The molecule has 114 valence electrons. The molecule has 2 aliphatic rings. The minimum Gasteiger partial charge on any atom is -0.324 e. The molecule has 21 heavy (non-hydrogen) atoms. The summed E-state index contributed by atoms with van der Waals surface area (Å²) in [5.74, 6) is 0.820. The van der Waals surface area contributed by atoms with Crippen molar-refractivity contribution in [3.63, 3.8) is 0 Å². The fraction of sp³-hybridized carbons (Fsp3) is 0.579. The van der Waals surface area contributed by atoms with Crippen molar-refractivity contribution >= 4 is 17.8 Å². The van der Waals surface area contributed by atoms with Crippen molar-refractivity contribution in [2.45, 2.75) is 68.1 Å². The van der Waals surface area contributed by atoms with E-state index < -0.39 is 0 Å². The van der Waals surface area contributed by atoms with Gasteiger partial charge in [-0.3, -0.25) is 0 Å². The SMILES string of the molecule is CC(N)c1ccc(SC2CCCCC2)cc1/C=C/C1CC1. The lowest BCUT2D eigenvalue weighted by Gasteiger charge is -2.21. The zero-order chi connectivity index (χ0) is 14.7. The van der Waals surface area contributed by atoms with Crippen LogP contribution in [0.1, 0.15) is 69.0 Å². The second-order valence-electron chi connectivity index (χ2n) is 6.65. The van der Waals surface area contributed by atoms with Crippen molar-refractivity contribution < 1.29 is 0 Å². The van der Waals surface area contributed by atoms with Crippen LogP contribution in [0.15, 0.2) is 29.2 Å². The average molecular weight is 301 g/mol. The molecule has 2 N–H and O–H groups in total. The largest absolute Gasteiger partial charge is 0.324 e. The third-order valence-electron chi connectivity index (χ3n) is 4.57. The molecule has 1 aromatic rings. The molecule has 1 unspecified atom stereocenters. The molecule has 1 nitrogen and oxygen atoms in total. The van der Waals surface area contributed by atoms with Gasteiger partial charge in [0.1, 0.15) is 0 Å². The molecule has 2 heteroatoms. The van der Waals surface area contributed by atoms with Crippen molar-refractivity contribution in [1.82, 2.24) is 0 Å². The smallest absolute Gasteiger partial charge is 0.0272 e. The van der Waals surface area contributed by atoms with E-state index in [1.165, 1.54) is 61.0 Å². The Kier molecular flexibility index (Phi) is 5.07. The van der Waals surface area contributed by atoms with Crippen LogP contribution in [0.3, 0.4) is 0 Å². The highest BCUT2D eigenvalue weighted by Gasteiger charge is 2.18. The molecule has 0 bridgehead atoms. The predicted octanol–water partition coefficient (Wildman–Crippen LogP) is 5.55. The summed E-state index contributed by atoms with van der Waals surface area (Å²) in [4.78, 5) is 1.42. The number of allylic oxidation sites excluding steroid dienone is 1. The molecule has 1 aromatic carbocycles. The number of thioether (sulfide) groups is 1. The summed E-state index contributed by atoms with van der Waals surface area (Å²) in [6.07, 6.45) is 14.4. The highest BCUT2D eigenvalue weighted by Crippen LogP contribution is 2.36. The lowest BCUT2D eigenvalue weighted by atomic mass is 10.0. The normalized spacial score (nSPS) is 21.8. The molecule has 2 saturated carbocycles. The quantitative estimate of drug-likeness (QED) is 0.771. The van der Waals surface area contributed by atoms with Gasteiger partial charge in [0.25, 0.3) is 0 Å². The van der Waals surface area contributed by atoms with Crippen molar-refractivity contribution in [1.29, 1.82) is 0 Å². The summed E-state index contributed by atoms with van der Waals surface area (Å²) < 4.78 is 0. The number of hydrogen-bond acceptors (Lipinski definition) is 2. The van der Waals surface area contributed by atoms with Gasteiger partial charge in [-0.15, -0.1) is 11.8 Å². The predicted molar refractivity (Wildman–Crippen MR) is 93.5 cm³/mol. The van der Waals surface area contributed by atoms with Crippen LogP contribution in [0.25, 0.3) is 6.08 Å². The molecule has 0 heterocycles. The highest BCUT2D eigenvalue weighted by atomic mass is 32.2. The first-order valence-electron chi connectivity index (χ1n) is 8.47. The van der Waals surface area contributed by atoms with Gasteiger partial charge < -0.3 is 5.73 Å². The van der Waals surface area contributed by atoms with E-state index >= 15 is 0 Å². The molecular formula is C19H27NS. The van der Waals surface area contributed by atoms with Crippen molar-refractivity contribution in [3.8, 4) is 0 Å². The van der Waals surface area contributed by atoms with Crippen molar-refractivity contribution in [2.75, 3.05) is 0 Å². The molecule has 2 aliphatic carbocycles. The molecule has 0 amide bonds. The van der Waals surface area contributed by atoms with E-state index in [2.05, 4.69) is 49.0 Å². The maximum Gasteiger partial charge on any atom is 0.0272 e. The van der Waals surface area contributed by atoms with E-state index in [4.69, 9.17) is 5.73 Å². The Morgan fingerprint density at radius 3 is 2.57 bits per heavy atom. The number of benzene rings is 1. The van der Waals surface area contributed by atoms with E-state index in [0.717, 1.165) is 11.2 Å². The van der Waals surface area contributed by atoms with Gasteiger partial charge in [0.15, 0.2) is 0 Å². The number of rotatable bonds is 5. The Bertz CT molecular complexity index is 496. The molecule has 0 spiro atoms. The van der Waals surface area contributed by atoms with Crippen LogP contribution in [0, 0.1) is 5.92 Å². The van der Waals surface area contributed by atoms with E-state index in [0.29, 0.717) is 0 Å². The monoisotopic (exact) mass is 301 g/mol. The molecule has 0 saturated heterocycles. The first kappa shape index (κ1) is 15.2. The Morgan fingerprint density at radius 2 is 1.90 bits per heavy atom. The van der Waals surface area contributed by atoms with Crippen LogP contribution in [-0.2, 0) is 0 Å². The van der Waals surface area contributed by atoms with Gasteiger partial charge in [-0.05, 0) is 61.8 Å². The lowest BCUT2D eigenvalue weighted by Crippen LogP contribution is -2.09. The van der Waals surface area contributed by atoms with Crippen molar-refractivity contribution in [3.05, 3.63) is 35.4 Å². The van der Waals surface area contributed by atoms with Gasteiger partial charge in [0.05, 0.1) is 0 Å². The Hall–Kier alpha value is -0.730. The van der Waals surface area contributed by atoms with Crippen molar-refractivity contribution in [2.24, 2.45) is 11.7 Å². The lowest BCUT2D eigenvalue weighted by molar-refractivity contribution is 0.516. The molecule has 1 atom stereocenters. The first-order chi connectivity index (χ1) is 10.2. The maximum atomic E-state index is 6.13. The van der Waals surface area contributed by atoms with Crippen LogP contribution >= 0.6 is 11.8 Å². The topological polar surface area (TPSA) is 26.0 Å². The Balaban J connectivity index is 1.75. The van der Waals surface area contributed by atoms with E-state index in [9.17, 15) is 0 Å². The summed E-state index contributed by atoms with van der Waals surface area (Å²) in [7, 11) is 0. The molecular weight excluding hydrogens is 274 g/mol. The van der Waals surface area contributed by atoms with E-state index in [1.54, 1.807) is 0 Å². The zero-order valence-electron chi connectivity index (χ0n) is 13.1. The molecule has 2 fully saturated rings. The zero-order valence-corrected chi connectivity index (χ0v) is 13.9. The first-order valence-corrected chi connectivity index (χ1v) is 9.35. The highest BCUT2D eigenvalue weighted by molar-refractivity contribution is 8.00. The van der Waals surface area contributed by atoms with Gasteiger partial charge in [-0.1, -0.05) is 37.5 Å². The number of nitrogens with two attached hydrogens (primary N) is 1. The van der Waals surface area contributed by atoms with Gasteiger partial charge in [-0.2, -0.15) is 0 Å². The summed E-state index contributed by atoms with van der Waals surface area (Å²) in [5.41, 5.74) is 8.74. The number of hydrogen-bond donors (Lipinski definition) is 1. The molecule has 0 aliphatic heterocycles. The van der Waals surface area contributed by atoms with Crippen LogP contribution in [0.4, 0.5) is 0 Å². The van der Waals surface area contributed by atoms with Gasteiger partial charge in [-0.25, -0.2) is 0 Å². The van der Waals surface area contributed by atoms with Gasteiger partial charge >= 0.3 is 0 Å². The molecule has 0 aromatic heterocycles. The molecule has 0 radical (unpaired) electrons. The summed E-state index contributed by atoms with van der Waals surface area (Å²) in [5, 5.41) is 0.820. The van der Waals surface area contributed by atoms with Crippen LogP contribution < -0.4 is 5.73 Å². The van der Waals surface area contributed by atoms with Crippen LogP contribution in [-0.4, -0.2) is 5.25 Å². The molecule has 3 rings (SSSR count). The maximum absolute atomic E-state index is 6.13. The minimum atomic E-state index is 0.109. The third-order valence-corrected chi connectivity index (χ3v) is 5.90. The second kappa shape index (κ2) is 7.02. The van der Waals surface area contributed by atoms with Gasteiger partial charge in [0.2, 0.25) is 0 Å². The fourth-order valence-electron chi connectivity index (χ4n) is 3.09. The van der Waals surface area contributed by atoms with E-state index in [1.807, 2.05) is 0 Å².